The Morgan fingerprint density at radius 1 is 0.879 bits per heavy atom. The van der Waals surface area contributed by atoms with Gasteiger partial charge in [0.1, 0.15) is 0 Å². The summed E-state index contributed by atoms with van der Waals surface area (Å²) in [5.74, 6) is -3.26. The van der Waals surface area contributed by atoms with Crippen LogP contribution in [0.5, 0.6) is 0 Å². The van der Waals surface area contributed by atoms with E-state index in [4.69, 9.17) is 0 Å². The number of carboxylic acids is 2. The molecule has 1 heterocycles. The molecule has 0 aliphatic heterocycles. The highest BCUT2D eigenvalue weighted by atomic mass is 16.4. The Morgan fingerprint density at radius 2 is 1.52 bits per heavy atom. The molecular formula is C26H26N2O5. The van der Waals surface area contributed by atoms with Gasteiger partial charge in [-0.1, -0.05) is 44.2 Å². The number of benzene rings is 2. The summed E-state index contributed by atoms with van der Waals surface area (Å²) in [5, 5.41) is 22.9. The molecule has 0 radical (unpaired) electrons. The van der Waals surface area contributed by atoms with Gasteiger partial charge in [0.15, 0.2) is 5.41 Å². The standard InChI is InChI=1S/C26H26N2O5/c1-3-17-14-15-27-22(21(17)4-2)16-26(24(30)31,25(32)33)19-10-12-20(13-11-19)28-23(29)18-8-6-5-7-9-18/h5-15H,3-4,16H2,1-2H3,(H,28,29)(H,30,31)(H,32,33). The van der Waals surface area contributed by atoms with Gasteiger partial charge in [-0.25, -0.2) is 0 Å². The molecule has 170 valence electrons. The average molecular weight is 447 g/mol. The number of nitrogens with one attached hydrogen (secondary N) is 1. The van der Waals surface area contributed by atoms with Gasteiger partial charge in [-0.05, 0) is 59.9 Å². The second-order valence-electron chi connectivity index (χ2n) is 7.69. The van der Waals surface area contributed by atoms with Crippen molar-refractivity contribution in [1.29, 1.82) is 0 Å². The first-order valence-corrected chi connectivity index (χ1v) is 10.7. The van der Waals surface area contributed by atoms with Gasteiger partial charge in [0.25, 0.3) is 5.91 Å². The van der Waals surface area contributed by atoms with E-state index in [-0.39, 0.29) is 17.9 Å². The molecule has 0 saturated carbocycles. The summed E-state index contributed by atoms with van der Waals surface area (Å²) in [6.07, 6.45) is 2.65. The Balaban J connectivity index is 1.97. The number of anilines is 1. The zero-order chi connectivity index (χ0) is 24.0. The van der Waals surface area contributed by atoms with Crippen molar-refractivity contribution in [3.05, 3.63) is 94.8 Å². The monoisotopic (exact) mass is 446 g/mol. The lowest BCUT2D eigenvalue weighted by Crippen LogP contribution is -2.46. The fourth-order valence-electron chi connectivity index (χ4n) is 3.97. The third-order valence-corrected chi connectivity index (χ3v) is 5.81. The third kappa shape index (κ3) is 4.77. The maximum Gasteiger partial charge on any atom is 0.326 e. The van der Waals surface area contributed by atoms with Gasteiger partial charge in [0.2, 0.25) is 0 Å². The number of aliphatic carboxylic acids is 2. The summed E-state index contributed by atoms with van der Waals surface area (Å²) in [6, 6.07) is 16.4. The van der Waals surface area contributed by atoms with Gasteiger partial charge in [0, 0.05) is 29.6 Å². The molecule has 0 fully saturated rings. The zero-order valence-corrected chi connectivity index (χ0v) is 18.5. The van der Waals surface area contributed by atoms with Crippen molar-refractivity contribution in [2.45, 2.75) is 38.5 Å². The van der Waals surface area contributed by atoms with Gasteiger partial charge in [0.05, 0.1) is 0 Å². The summed E-state index contributed by atoms with van der Waals surface area (Å²) in [7, 11) is 0. The number of hydrogen-bond acceptors (Lipinski definition) is 4. The molecule has 3 N–H and O–H groups in total. The van der Waals surface area contributed by atoms with Crippen molar-refractivity contribution >= 4 is 23.5 Å². The fourth-order valence-corrected chi connectivity index (χ4v) is 3.97. The molecule has 0 bridgehead atoms. The Morgan fingerprint density at radius 3 is 2.06 bits per heavy atom. The molecule has 0 unspecified atom stereocenters. The maximum absolute atomic E-state index is 12.4. The van der Waals surface area contributed by atoms with Crippen molar-refractivity contribution in [3.8, 4) is 0 Å². The molecule has 2 aromatic carbocycles. The van der Waals surface area contributed by atoms with Crippen LogP contribution in [0.2, 0.25) is 0 Å². The number of hydrogen-bond donors (Lipinski definition) is 3. The number of nitrogens with zero attached hydrogens (tertiary/aromatic N) is 1. The van der Waals surface area contributed by atoms with Crippen LogP contribution in [-0.2, 0) is 34.3 Å². The van der Waals surface area contributed by atoms with Gasteiger partial charge in [-0.15, -0.1) is 0 Å². The molecule has 0 spiro atoms. The second kappa shape index (κ2) is 10.1. The van der Waals surface area contributed by atoms with Gasteiger partial charge >= 0.3 is 11.9 Å². The second-order valence-corrected chi connectivity index (χ2v) is 7.69. The molecule has 0 atom stereocenters. The summed E-state index contributed by atoms with van der Waals surface area (Å²) < 4.78 is 0. The fraction of sp³-hybridized carbons (Fsp3) is 0.231. The Labute approximate surface area is 192 Å². The van der Waals surface area contributed by atoms with E-state index in [9.17, 15) is 24.6 Å². The molecule has 1 aromatic heterocycles. The smallest absolute Gasteiger partial charge is 0.326 e. The highest BCUT2D eigenvalue weighted by molar-refractivity contribution is 6.06. The number of aromatic nitrogens is 1. The first-order valence-electron chi connectivity index (χ1n) is 10.7. The maximum atomic E-state index is 12.4. The predicted octanol–water partition coefficient (Wildman–Crippen LogP) is 4.11. The lowest BCUT2D eigenvalue weighted by molar-refractivity contribution is -0.157. The third-order valence-electron chi connectivity index (χ3n) is 5.81. The minimum absolute atomic E-state index is 0.103. The summed E-state index contributed by atoms with van der Waals surface area (Å²) in [6.45, 7) is 3.93. The van der Waals surface area contributed by atoms with Gasteiger partial charge in [-0.2, -0.15) is 0 Å². The number of carbonyl (C=O) groups excluding carboxylic acids is 1. The van der Waals surface area contributed by atoms with Crippen molar-refractivity contribution in [2.75, 3.05) is 5.32 Å². The van der Waals surface area contributed by atoms with E-state index in [0.717, 1.165) is 17.5 Å². The van der Waals surface area contributed by atoms with E-state index < -0.39 is 17.4 Å². The topological polar surface area (TPSA) is 117 Å². The first-order chi connectivity index (χ1) is 15.8. The normalized spacial score (nSPS) is 11.1. The Hall–Kier alpha value is -4.00. The quantitative estimate of drug-likeness (QED) is 0.426. The average Bonchev–Trinajstić information content (AvgIpc) is 2.82. The van der Waals surface area contributed by atoms with Crippen molar-refractivity contribution < 1.29 is 24.6 Å². The molecule has 7 heteroatoms. The van der Waals surface area contributed by atoms with Crippen molar-refractivity contribution in [3.63, 3.8) is 0 Å². The Kier molecular flexibility index (Phi) is 7.23. The molecule has 33 heavy (non-hydrogen) atoms. The summed E-state index contributed by atoms with van der Waals surface area (Å²) >= 11 is 0. The summed E-state index contributed by atoms with van der Waals surface area (Å²) in [5.41, 5.74) is 1.14. The van der Waals surface area contributed by atoms with Crippen LogP contribution in [0.1, 0.15) is 46.6 Å². The zero-order valence-electron chi connectivity index (χ0n) is 18.5. The van der Waals surface area contributed by atoms with E-state index in [1.165, 1.54) is 24.3 Å². The lowest BCUT2D eigenvalue weighted by atomic mass is 9.75. The molecule has 3 rings (SSSR count). The SMILES string of the molecule is CCc1ccnc(CC(C(=O)O)(C(=O)O)c2ccc(NC(=O)c3ccccc3)cc2)c1CC. The number of aryl methyl sites for hydroxylation is 1. The highest BCUT2D eigenvalue weighted by Crippen LogP contribution is 2.32. The van der Waals surface area contributed by atoms with E-state index >= 15 is 0 Å². The van der Waals surface area contributed by atoms with Crippen LogP contribution in [0.3, 0.4) is 0 Å². The summed E-state index contributed by atoms with van der Waals surface area (Å²) in [4.78, 5) is 41.5. The van der Waals surface area contributed by atoms with Crippen LogP contribution in [-0.4, -0.2) is 33.0 Å². The number of amides is 1. The first kappa shape index (κ1) is 23.7. The van der Waals surface area contributed by atoms with E-state index in [1.807, 2.05) is 19.9 Å². The molecule has 0 saturated heterocycles. The van der Waals surface area contributed by atoms with Crippen LogP contribution in [0.15, 0.2) is 66.9 Å². The molecule has 7 nitrogen and oxygen atoms in total. The van der Waals surface area contributed by atoms with Crippen LogP contribution < -0.4 is 5.32 Å². The van der Waals surface area contributed by atoms with E-state index in [1.54, 1.807) is 36.5 Å². The number of rotatable bonds is 9. The molecule has 0 aliphatic rings. The number of pyridine rings is 1. The van der Waals surface area contributed by atoms with Crippen molar-refractivity contribution in [1.82, 2.24) is 4.98 Å². The largest absolute Gasteiger partial charge is 0.480 e. The molecule has 1 amide bonds. The highest BCUT2D eigenvalue weighted by Gasteiger charge is 2.49. The molecule has 0 aliphatic carbocycles. The lowest BCUT2D eigenvalue weighted by Gasteiger charge is -2.26. The van der Waals surface area contributed by atoms with Crippen LogP contribution in [0.4, 0.5) is 5.69 Å². The van der Waals surface area contributed by atoms with Gasteiger partial charge < -0.3 is 15.5 Å². The number of carbonyl (C=O) groups is 3. The minimum atomic E-state index is -2.22. The van der Waals surface area contributed by atoms with E-state index in [0.29, 0.717) is 23.4 Å². The van der Waals surface area contributed by atoms with Gasteiger partial charge in [-0.3, -0.25) is 19.4 Å². The van der Waals surface area contributed by atoms with Crippen LogP contribution >= 0.6 is 0 Å². The number of carboxylic acid groups (broad SMARTS) is 2. The Bertz CT molecular complexity index is 1140. The minimum Gasteiger partial charge on any atom is -0.480 e. The predicted molar refractivity (Wildman–Crippen MR) is 124 cm³/mol. The van der Waals surface area contributed by atoms with Crippen molar-refractivity contribution in [2.24, 2.45) is 0 Å². The van der Waals surface area contributed by atoms with Crippen LogP contribution in [0, 0.1) is 0 Å². The molecular weight excluding hydrogens is 420 g/mol. The van der Waals surface area contributed by atoms with E-state index in [2.05, 4.69) is 10.3 Å². The molecule has 3 aromatic rings. The van der Waals surface area contributed by atoms with Crippen LogP contribution in [0.25, 0.3) is 0 Å².